The molecule has 0 aliphatic heterocycles. The van der Waals surface area contributed by atoms with Gasteiger partial charge in [0.2, 0.25) is 0 Å². The molecule has 0 aliphatic carbocycles. The minimum absolute atomic E-state index is 0.0121. The molecule has 0 bridgehead atoms. The summed E-state index contributed by atoms with van der Waals surface area (Å²) in [5.74, 6) is 1.02. The average molecular weight is 337 g/mol. The molecule has 0 saturated carbocycles. The third-order valence-corrected chi connectivity index (χ3v) is 3.64. The van der Waals surface area contributed by atoms with Crippen molar-refractivity contribution in [3.63, 3.8) is 0 Å². The Kier molecular flexibility index (Phi) is 5.35. The molecule has 0 aliphatic rings. The quantitative estimate of drug-likeness (QED) is 0.372. The summed E-state index contributed by atoms with van der Waals surface area (Å²) in [6.07, 6.45) is 0. The number of amidine groups is 1. The van der Waals surface area contributed by atoms with Crippen LogP contribution in [-0.4, -0.2) is 56.9 Å². The molecule has 1 atom stereocenters. The second-order valence-corrected chi connectivity index (χ2v) is 5.60. The Balaban J connectivity index is 2.39. The maximum Gasteiger partial charge on any atom is 0.318 e. The molecule has 0 spiro atoms. The lowest BCUT2D eigenvalue weighted by Gasteiger charge is -2.18. The number of phenols is 1. The van der Waals surface area contributed by atoms with Gasteiger partial charge in [-0.2, -0.15) is 0 Å². The van der Waals surface area contributed by atoms with Gasteiger partial charge in [-0.25, -0.2) is 0 Å². The molecule has 1 aromatic heterocycles. The van der Waals surface area contributed by atoms with Gasteiger partial charge in [-0.1, -0.05) is 6.07 Å². The highest BCUT2D eigenvalue weighted by atomic mass is 32.2. The Morgan fingerprint density at radius 3 is 2.78 bits per heavy atom. The van der Waals surface area contributed by atoms with Gasteiger partial charge < -0.3 is 24.6 Å². The van der Waals surface area contributed by atoms with Crippen LogP contribution in [0.25, 0.3) is 0 Å². The lowest BCUT2D eigenvalue weighted by molar-refractivity contribution is 0.331. The monoisotopic (exact) mass is 337 g/mol. The number of anilines is 2. The van der Waals surface area contributed by atoms with Crippen LogP contribution >= 0.6 is 11.1 Å². The minimum atomic E-state index is -1.71. The SMILES string of the molecule is CCOc1n[s+]([O-])nc1Nc1cccc(/C(=N/C)N(C)C)c1O. The van der Waals surface area contributed by atoms with Crippen LogP contribution in [0, 0.1) is 0 Å². The summed E-state index contributed by atoms with van der Waals surface area (Å²) in [6.45, 7) is 2.16. The molecule has 1 unspecified atom stereocenters. The number of nitrogens with zero attached hydrogens (tertiary/aromatic N) is 4. The largest absolute Gasteiger partial charge is 0.546 e. The van der Waals surface area contributed by atoms with Crippen LogP contribution in [0.15, 0.2) is 23.2 Å². The van der Waals surface area contributed by atoms with E-state index >= 15 is 0 Å². The molecule has 2 N–H and O–H groups in total. The molecule has 0 saturated heterocycles. The number of aliphatic imine (C=N–C) groups is 1. The van der Waals surface area contributed by atoms with Crippen LogP contribution < -0.4 is 10.1 Å². The van der Waals surface area contributed by atoms with E-state index in [0.29, 0.717) is 23.7 Å². The Hall–Kier alpha value is -2.39. The summed E-state index contributed by atoms with van der Waals surface area (Å²) >= 11 is -1.71. The van der Waals surface area contributed by atoms with Crippen LogP contribution in [0.3, 0.4) is 0 Å². The first-order valence-corrected chi connectivity index (χ1v) is 8.00. The van der Waals surface area contributed by atoms with Gasteiger partial charge in [-0.15, -0.1) is 0 Å². The zero-order valence-corrected chi connectivity index (χ0v) is 14.2. The predicted molar refractivity (Wildman–Crippen MR) is 89.4 cm³/mol. The van der Waals surface area contributed by atoms with Crippen molar-refractivity contribution < 1.29 is 14.4 Å². The molecule has 2 aromatic rings. The third kappa shape index (κ3) is 3.69. The van der Waals surface area contributed by atoms with Crippen molar-refractivity contribution in [1.82, 2.24) is 13.6 Å². The molecule has 0 radical (unpaired) electrons. The maximum atomic E-state index is 11.5. The van der Waals surface area contributed by atoms with Crippen molar-refractivity contribution in [1.29, 1.82) is 0 Å². The predicted octanol–water partition coefficient (Wildman–Crippen LogP) is 1.99. The number of phenolic OH excluding ortho intramolecular Hbond substituents is 1. The fraction of sp³-hybridized carbons (Fsp3) is 0.357. The molecular weight excluding hydrogens is 318 g/mol. The second-order valence-electron chi connectivity index (χ2n) is 4.77. The Bertz CT molecular complexity index is 714. The molecule has 1 heterocycles. The number of hydrogen-bond donors (Lipinski definition) is 2. The molecule has 8 nitrogen and oxygen atoms in total. The number of aromatic nitrogens is 2. The summed E-state index contributed by atoms with van der Waals surface area (Å²) in [5.41, 5.74) is 0.965. The zero-order valence-electron chi connectivity index (χ0n) is 13.4. The Morgan fingerprint density at radius 1 is 1.43 bits per heavy atom. The molecule has 124 valence electrons. The van der Waals surface area contributed by atoms with Crippen molar-refractivity contribution in [2.45, 2.75) is 6.92 Å². The van der Waals surface area contributed by atoms with Gasteiger partial charge in [0.05, 0.1) is 17.9 Å². The lowest BCUT2D eigenvalue weighted by Crippen LogP contribution is -2.23. The van der Waals surface area contributed by atoms with Crippen LogP contribution in [-0.2, 0) is 0 Å². The molecular formula is C14H19N5O3S. The normalized spacial score (nSPS) is 12.2. The highest BCUT2D eigenvalue weighted by Crippen LogP contribution is 2.34. The number of hydrogen-bond acceptors (Lipinski definition) is 7. The standard InChI is InChI=1S/C14H19N5O3S/c1-5-22-14-12(17-23(21)18-14)16-10-8-6-7-9(11(10)20)13(15-2)19(3)4/h6-8,20H,5H2,1-4H3,(H,16,17)/b15-13-. The second kappa shape index (κ2) is 7.25. The average Bonchev–Trinajstić information content (AvgIpc) is 2.83. The van der Waals surface area contributed by atoms with E-state index in [2.05, 4.69) is 19.1 Å². The first kappa shape index (κ1) is 17.0. The van der Waals surface area contributed by atoms with Crippen molar-refractivity contribution in [2.75, 3.05) is 33.1 Å². The van der Waals surface area contributed by atoms with E-state index in [1.165, 1.54) is 0 Å². The van der Waals surface area contributed by atoms with Gasteiger partial charge in [-0.3, -0.25) is 4.99 Å². The highest BCUT2D eigenvalue weighted by Gasteiger charge is 2.20. The van der Waals surface area contributed by atoms with Crippen molar-refractivity contribution in [3.05, 3.63) is 23.8 Å². The maximum absolute atomic E-state index is 11.5. The Labute approximate surface area is 137 Å². The molecule has 0 fully saturated rings. The van der Waals surface area contributed by atoms with Gasteiger partial charge in [0.1, 0.15) is 11.6 Å². The molecule has 0 amide bonds. The molecule has 9 heteroatoms. The first-order chi connectivity index (χ1) is 11.0. The summed E-state index contributed by atoms with van der Waals surface area (Å²) < 4.78 is 24.4. The van der Waals surface area contributed by atoms with Crippen LogP contribution in [0.5, 0.6) is 11.6 Å². The van der Waals surface area contributed by atoms with Crippen molar-refractivity contribution in [2.24, 2.45) is 4.99 Å². The van der Waals surface area contributed by atoms with Gasteiger partial charge in [0, 0.05) is 29.9 Å². The van der Waals surface area contributed by atoms with Crippen LogP contribution in [0.2, 0.25) is 0 Å². The highest BCUT2D eigenvalue weighted by molar-refractivity contribution is 7.14. The number of ether oxygens (including phenoxy) is 1. The zero-order chi connectivity index (χ0) is 17.0. The topological polar surface area (TPSA) is 106 Å². The van der Waals surface area contributed by atoms with E-state index in [0.717, 1.165) is 0 Å². The van der Waals surface area contributed by atoms with E-state index in [4.69, 9.17) is 4.74 Å². The van der Waals surface area contributed by atoms with Crippen molar-refractivity contribution in [3.8, 4) is 11.6 Å². The summed E-state index contributed by atoms with van der Waals surface area (Å²) in [6, 6.07) is 5.21. The van der Waals surface area contributed by atoms with E-state index < -0.39 is 11.1 Å². The number of rotatable bonds is 5. The molecule has 1 aromatic carbocycles. The summed E-state index contributed by atoms with van der Waals surface area (Å²) in [5, 5.41) is 13.4. The van der Waals surface area contributed by atoms with Crippen molar-refractivity contribution >= 4 is 28.5 Å². The number of para-hydroxylation sites is 1. The van der Waals surface area contributed by atoms with E-state index in [9.17, 15) is 9.66 Å². The number of aromatic hydroxyl groups is 1. The van der Waals surface area contributed by atoms with E-state index in [1.807, 2.05) is 14.1 Å². The lowest BCUT2D eigenvalue weighted by atomic mass is 10.1. The van der Waals surface area contributed by atoms with Gasteiger partial charge in [0.15, 0.2) is 11.1 Å². The van der Waals surface area contributed by atoms with Gasteiger partial charge >= 0.3 is 5.88 Å². The smallest absolute Gasteiger partial charge is 0.318 e. The third-order valence-electron chi connectivity index (χ3n) is 2.98. The minimum Gasteiger partial charge on any atom is -0.546 e. The van der Waals surface area contributed by atoms with Gasteiger partial charge in [-0.05, 0) is 19.1 Å². The molecule has 2 rings (SSSR count). The first-order valence-electron chi connectivity index (χ1n) is 6.94. The summed E-state index contributed by atoms with van der Waals surface area (Å²) in [4.78, 5) is 5.98. The fourth-order valence-corrected chi connectivity index (χ4v) is 2.67. The van der Waals surface area contributed by atoms with Crippen LogP contribution in [0.1, 0.15) is 12.5 Å². The van der Waals surface area contributed by atoms with E-state index in [1.54, 1.807) is 37.1 Å². The van der Waals surface area contributed by atoms with Gasteiger partial charge in [0.25, 0.3) is 5.82 Å². The van der Waals surface area contributed by atoms with E-state index in [-0.39, 0.29) is 17.4 Å². The fourth-order valence-electron chi connectivity index (χ4n) is 2.07. The number of benzene rings is 1. The summed E-state index contributed by atoms with van der Waals surface area (Å²) in [7, 11) is 5.33. The Morgan fingerprint density at radius 2 is 2.17 bits per heavy atom. The number of nitrogens with one attached hydrogen (secondary N) is 1. The molecule has 23 heavy (non-hydrogen) atoms. The van der Waals surface area contributed by atoms with Crippen LogP contribution in [0.4, 0.5) is 11.5 Å².